The molecule has 9 nitrogen and oxygen atoms in total. The Hall–Kier alpha value is -2.71. The molecule has 2 aromatic rings. The number of rotatable bonds is 4. The van der Waals surface area contributed by atoms with Crippen molar-refractivity contribution in [1.29, 1.82) is 0 Å². The van der Waals surface area contributed by atoms with Crippen molar-refractivity contribution < 1.29 is 9.59 Å². The molecule has 0 atom stereocenters. The van der Waals surface area contributed by atoms with Crippen molar-refractivity contribution in [2.24, 2.45) is 0 Å². The summed E-state index contributed by atoms with van der Waals surface area (Å²) in [5.74, 6) is -0.146. The van der Waals surface area contributed by atoms with Crippen molar-refractivity contribution >= 4 is 23.3 Å². The molecule has 2 aromatic heterocycles. The lowest BCUT2D eigenvalue weighted by atomic mass is 10.3. The van der Waals surface area contributed by atoms with Gasteiger partial charge in [0.25, 0.3) is 5.91 Å². The van der Waals surface area contributed by atoms with Crippen LogP contribution in [-0.2, 0) is 11.3 Å². The number of carbonyl (C=O) groups is 2. The summed E-state index contributed by atoms with van der Waals surface area (Å²) in [6.07, 6.45) is 1.83. The average molecular weight is 291 g/mol. The van der Waals surface area contributed by atoms with Crippen LogP contribution in [0.25, 0.3) is 0 Å². The molecule has 1 amide bonds. The number of amides is 1. The normalized spacial score (nSPS) is 10.6. The maximum atomic E-state index is 12.2. The van der Waals surface area contributed by atoms with Crippen LogP contribution in [0.3, 0.4) is 0 Å². The number of carbonyl (C=O) groups excluding carboxylic acids is 2. The zero-order valence-electron chi connectivity index (χ0n) is 12.1. The van der Waals surface area contributed by atoms with Crippen molar-refractivity contribution in [3.05, 3.63) is 17.6 Å². The Kier molecular flexibility index (Phi) is 4.01. The van der Waals surface area contributed by atoms with Gasteiger partial charge in [-0.1, -0.05) is 12.1 Å². The molecule has 0 aliphatic carbocycles. The second-order valence-electron chi connectivity index (χ2n) is 4.59. The van der Waals surface area contributed by atoms with Gasteiger partial charge >= 0.3 is 0 Å². The SMILES string of the molecule is CCC(=O)Nc1cn(CC(=O)n2nc(C)c(N)c2C)nn1. The van der Waals surface area contributed by atoms with Crippen LogP contribution in [0.1, 0.15) is 29.5 Å². The molecule has 0 aliphatic rings. The van der Waals surface area contributed by atoms with Crippen molar-refractivity contribution in [2.45, 2.75) is 33.7 Å². The number of hydrogen-bond donors (Lipinski definition) is 2. The minimum atomic E-state index is -0.287. The largest absolute Gasteiger partial charge is 0.396 e. The molecule has 3 N–H and O–H groups in total. The summed E-state index contributed by atoms with van der Waals surface area (Å²) in [6, 6.07) is 0. The average Bonchev–Trinajstić information content (AvgIpc) is 2.98. The highest BCUT2D eigenvalue weighted by molar-refractivity contribution is 5.89. The van der Waals surface area contributed by atoms with Crippen LogP contribution in [0.2, 0.25) is 0 Å². The quantitative estimate of drug-likeness (QED) is 0.839. The maximum Gasteiger partial charge on any atom is 0.268 e. The molecule has 0 fully saturated rings. The Balaban J connectivity index is 2.09. The van der Waals surface area contributed by atoms with E-state index in [-0.39, 0.29) is 18.4 Å². The minimum Gasteiger partial charge on any atom is -0.396 e. The van der Waals surface area contributed by atoms with E-state index in [2.05, 4.69) is 20.7 Å². The van der Waals surface area contributed by atoms with Crippen molar-refractivity contribution in [1.82, 2.24) is 24.8 Å². The molecule has 9 heteroatoms. The third-order valence-corrected chi connectivity index (χ3v) is 3.01. The molecular formula is C12H17N7O2. The van der Waals surface area contributed by atoms with Gasteiger partial charge in [-0.3, -0.25) is 9.59 Å². The van der Waals surface area contributed by atoms with Gasteiger partial charge in [0.2, 0.25) is 5.91 Å². The number of aromatic nitrogens is 5. The molecule has 0 spiro atoms. The Labute approximate surface area is 121 Å². The van der Waals surface area contributed by atoms with E-state index in [1.165, 1.54) is 15.6 Å². The summed E-state index contributed by atoms with van der Waals surface area (Å²) in [5, 5.41) is 14.2. The highest BCUT2D eigenvalue weighted by atomic mass is 16.2. The monoisotopic (exact) mass is 291 g/mol. The molecule has 0 radical (unpaired) electrons. The third kappa shape index (κ3) is 3.07. The topological polar surface area (TPSA) is 121 Å². The van der Waals surface area contributed by atoms with Crippen molar-refractivity contribution in [2.75, 3.05) is 11.1 Å². The van der Waals surface area contributed by atoms with Crippen LogP contribution in [-0.4, -0.2) is 36.6 Å². The summed E-state index contributed by atoms with van der Waals surface area (Å²) < 4.78 is 2.58. The number of nitrogens with one attached hydrogen (secondary N) is 1. The number of nitrogens with two attached hydrogens (primary N) is 1. The molecule has 2 heterocycles. The Bertz CT molecular complexity index is 686. The molecule has 0 saturated heterocycles. The van der Waals surface area contributed by atoms with Crippen LogP contribution in [0.5, 0.6) is 0 Å². The fourth-order valence-corrected chi connectivity index (χ4v) is 1.77. The standard InChI is InChI=1S/C12H17N7O2/c1-4-10(20)14-9-5-18(17-15-9)6-11(21)19-8(3)12(13)7(2)16-19/h5H,4,6,13H2,1-3H3,(H,14,20). The Morgan fingerprint density at radius 1 is 1.38 bits per heavy atom. The lowest BCUT2D eigenvalue weighted by Gasteiger charge is -2.02. The first-order valence-corrected chi connectivity index (χ1v) is 6.47. The van der Waals surface area contributed by atoms with E-state index in [4.69, 9.17) is 5.73 Å². The Morgan fingerprint density at radius 3 is 2.67 bits per heavy atom. The van der Waals surface area contributed by atoms with Gasteiger partial charge in [-0.15, -0.1) is 5.10 Å². The molecule has 2 rings (SSSR count). The van der Waals surface area contributed by atoms with E-state index >= 15 is 0 Å². The molecule has 112 valence electrons. The summed E-state index contributed by atoms with van der Waals surface area (Å²) in [6.45, 7) is 5.15. The molecule has 21 heavy (non-hydrogen) atoms. The summed E-state index contributed by atoms with van der Waals surface area (Å²) in [4.78, 5) is 23.4. The minimum absolute atomic E-state index is 0.0452. The second kappa shape index (κ2) is 5.73. The summed E-state index contributed by atoms with van der Waals surface area (Å²) in [7, 11) is 0. The van der Waals surface area contributed by atoms with Crippen LogP contribution in [0.4, 0.5) is 11.5 Å². The van der Waals surface area contributed by atoms with Crippen molar-refractivity contribution in [3.8, 4) is 0 Å². The van der Waals surface area contributed by atoms with Gasteiger partial charge in [0.05, 0.1) is 23.3 Å². The zero-order chi connectivity index (χ0) is 15.6. The van der Waals surface area contributed by atoms with E-state index in [0.717, 1.165) is 0 Å². The van der Waals surface area contributed by atoms with Gasteiger partial charge in [-0.25, -0.2) is 9.36 Å². The first-order chi connectivity index (χ1) is 9.92. The molecule has 0 aliphatic heterocycles. The molecule has 0 bridgehead atoms. The van der Waals surface area contributed by atoms with Gasteiger partial charge in [0.15, 0.2) is 5.82 Å². The highest BCUT2D eigenvalue weighted by Gasteiger charge is 2.15. The van der Waals surface area contributed by atoms with Crippen LogP contribution in [0.15, 0.2) is 6.20 Å². The third-order valence-electron chi connectivity index (χ3n) is 3.01. The van der Waals surface area contributed by atoms with E-state index in [1.807, 2.05) is 0 Å². The smallest absolute Gasteiger partial charge is 0.268 e. The maximum absolute atomic E-state index is 12.2. The fraction of sp³-hybridized carbons (Fsp3) is 0.417. The van der Waals surface area contributed by atoms with Gasteiger partial charge < -0.3 is 11.1 Å². The highest BCUT2D eigenvalue weighted by Crippen LogP contribution is 2.14. The number of aryl methyl sites for hydroxylation is 1. The molecule has 0 unspecified atom stereocenters. The predicted octanol–water partition coefficient (Wildman–Crippen LogP) is 0.363. The summed E-state index contributed by atoms with van der Waals surface area (Å²) >= 11 is 0. The first-order valence-electron chi connectivity index (χ1n) is 6.47. The second-order valence-corrected chi connectivity index (χ2v) is 4.59. The van der Waals surface area contributed by atoms with Gasteiger partial charge in [-0.05, 0) is 13.8 Å². The van der Waals surface area contributed by atoms with E-state index < -0.39 is 0 Å². The molecule has 0 aromatic carbocycles. The van der Waals surface area contributed by atoms with Crippen molar-refractivity contribution in [3.63, 3.8) is 0 Å². The summed E-state index contributed by atoms with van der Waals surface area (Å²) in [5.41, 5.74) is 7.49. The number of hydrogen-bond acceptors (Lipinski definition) is 6. The van der Waals surface area contributed by atoms with Crippen LogP contribution >= 0.6 is 0 Å². The van der Waals surface area contributed by atoms with E-state index in [0.29, 0.717) is 29.3 Å². The van der Waals surface area contributed by atoms with Gasteiger partial charge in [0.1, 0.15) is 6.54 Å². The molecule has 0 saturated carbocycles. The predicted molar refractivity (Wildman–Crippen MR) is 75.7 cm³/mol. The van der Waals surface area contributed by atoms with Gasteiger partial charge in [-0.2, -0.15) is 5.10 Å². The van der Waals surface area contributed by atoms with E-state index in [9.17, 15) is 9.59 Å². The fourth-order valence-electron chi connectivity index (χ4n) is 1.77. The van der Waals surface area contributed by atoms with Gasteiger partial charge in [0, 0.05) is 6.42 Å². The Morgan fingerprint density at radius 2 is 2.10 bits per heavy atom. The van der Waals surface area contributed by atoms with Crippen LogP contribution in [0, 0.1) is 13.8 Å². The van der Waals surface area contributed by atoms with E-state index in [1.54, 1.807) is 20.8 Å². The number of nitrogens with zero attached hydrogens (tertiary/aromatic N) is 5. The number of nitrogen functional groups attached to an aromatic ring is 1. The first kappa shape index (κ1) is 14.7. The molecular weight excluding hydrogens is 274 g/mol. The number of anilines is 2. The lowest BCUT2D eigenvalue weighted by Crippen LogP contribution is -2.20. The zero-order valence-corrected chi connectivity index (χ0v) is 12.1. The van der Waals surface area contributed by atoms with Crippen LogP contribution < -0.4 is 11.1 Å². The lowest BCUT2D eigenvalue weighted by molar-refractivity contribution is -0.115.